The van der Waals surface area contributed by atoms with Crippen molar-refractivity contribution in [1.82, 2.24) is 15.6 Å². The molecule has 0 aliphatic heterocycles. The zero-order valence-corrected chi connectivity index (χ0v) is 16.3. The number of benzene rings is 1. The maximum Gasteiger partial charge on any atom is 0.242 e. The van der Waals surface area contributed by atoms with Crippen LogP contribution in [0.5, 0.6) is 0 Å². The van der Waals surface area contributed by atoms with Gasteiger partial charge in [-0.3, -0.25) is 14.4 Å². The van der Waals surface area contributed by atoms with E-state index in [1.807, 2.05) is 30.3 Å². The summed E-state index contributed by atoms with van der Waals surface area (Å²) in [4.78, 5) is 38.9. The van der Waals surface area contributed by atoms with Gasteiger partial charge in [-0.1, -0.05) is 18.2 Å². The van der Waals surface area contributed by atoms with Crippen LogP contribution in [0.3, 0.4) is 0 Å². The molecule has 0 radical (unpaired) electrons. The van der Waals surface area contributed by atoms with Gasteiger partial charge in [0.2, 0.25) is 23.6 Å². The molecular formula is C18H28N6O4. The minimum absolute atomic E-state index is 0.0808. The zero-order valence-electron chi connectivity index (χ0n) is 16.3. The average Bonchev–Trinajstić information content (AvgIpc) is 3.18. The number of rotatable bonds is 7. The largest absolute Gasteiger partial charge is 0.444 e. The van der Waals surface area contributed by atoms with Gasteiger partial charge in [-0.25, -0.2) is 4.98 Å². The number of nitrogens with two attached hydrogens (primary N) is 3. The molecule has 154 valence electrons. The number of hydrogen-bond donors (Lipinski definition) is 5. The maximum absolute atomic E-state index is 12.0. The summed E-state index contributed by atoms with van der Waals surface area (Å²) < 4.78 is 5.35. The predicted octanol–water partition coefficient (Wildman–Crippen LogP) is -0.860. The quantitative estimate of drug-likeness (QED) is 0.406. The number of nitrogens with one attached hydrogen (secondary N) is 2. The lowest BCUT2D eigenvalue weighted by Gasteiger charge is -2.15. The highest BCUT2D eigenvalue weighted by molar-refractivity contribution is 5.91. The lowest BCUT2D eigenvalue weighted by Crippen LogP contribution is -2.48. The second-order valence-electron chi connectivity index (χ2n) is 5.09. The Balaban J connectivity index is 0.00000171. The molecule has 8 N–H and O–H groups in total. The van der Waals surface area contributed by atoms with Gasteiger partial charge in [-0.05, 0) is 26.2 Å². The van der Waals surface area contributed by atoms with Crippen LogP contribution in [0.2, 0.25) is 0 Å². The van der Waals surface area contributed by atoms with Crippen LogP contribution >= 0.6 is 0 Å². The molecule has 0 saturated carbocycles. The number of primary amides is 1. The van der Waals surface area contributed by atoms with Crippen LogP contribution in [-0.2, 0) is 20.8 Å². The first-order valence-corrected chi connectivity index (χ1v) is 8.44. The molecular weight excluding hydrogens is 364 g/mol. The molecule has 2 rings (SSSR count). The number of oxazole rings is 1. The van der Waals surface area contributed by atoms with Crippen molar-refractivity contribution in [3.63, 3.8) is 0 Å². The molecule has 1 aromatic carbocycles. The van der Waals surface area contributed by atoms with E-state index in [4.69, 9.17) is 10.2 Å². The van der Waals surface area contributed by atoms with Gasteiger partial charge in [0.05, 0.1) is 18.5 Å². The molecule has 0 spiro atoms. The number of carbonyl (C=O) groups excluding carboxylic acids is 3. The van der Waals surface area contributed by atoms with Crippen LogP contribution in [0.15, 0.2) is 41.0 Å². The van der Waals surface area contributed by atoms with E-state index in [9.17, 15) is 14.4 Å². The van der Waals surface area contributed by atoms with Crippen molar-refractivity contribution in [1.29, 1.82) is 0 Å². The number of nitrogens with zero attached hydrogens (tertiary/aromatic N) is 1. The monoisotopic (exact) mass is 392 g/mol. The number of carbonyl (C=O) groups is 3. The second-order valence-corrected chi connectivity index (χ2v) is 5.09. The summed E-state index contributed by atoms with van der Waals surface area (Å²) in [5.41, 5.74) is 15.3. The van der Waals surface area contributed by atoms with Crippen molar-refractivity contribution in [3.8, 4) is 11.5 Å². The summed E-state index contributed by atoms with van der Waals surface area (Å²) in [6.45, 7) is 0. The van der Waals surface area contributed by atoms with E-state index in [-0.39, 0.29) is 12.8 Å². The summed E-state index contributed by atoms with van der Waals surface area (Å²) in [7, 11) is 4.41. The van der Waals surface area contributed by atoms with Gasteiger partial charge in [0.15, 0.2) is 0 Å². The third-order valence-corrected chi connectivity index (χ3v) is 3.22. The van der Waals surface area contributed by atoms with E-state index in [2.05, 4.69) is 27.1 Å². The van der Waals surface area contributed by atoms with E-state index in [1.165, 1.54) is 27.4 Å². The molecule has 3 amide bonds. The number of amides is 3. The average molecular weight is 392 g/mol. The van der Waals surface area contributed by atoms with E-state index in [1.54, 1.807) is 0 Å². The first-order valence-electron chi connectivity index (χ1n) is 8.44. The summed E-state index contributed by atoms with van der Waals surface area (Å²) in [6.07, 6.45) is 1.02. The van der Waals surface area contributed by atoms with Gasteiger partial charge in [-0.2, -0.15) is 0 Å². The molecule has 0 unspecified atom stereocenters. The molecule has 2 aromatic rings. The summed E-state index contributed by atoms with van der Waals surface area (Å²) >= 11 is 0. The zero-order chi connectivity index (χ0) is 21.5. The molecule has 1 heterocycles. The summed E-state index contributed by atoms with van der Waals surface area (Å²) in [5, 5.41) is 4.83. The molecule has 1 aromatic heterocycles. The second kappa shape index (κ2) is 13.9. The predicted molar refractivity (Wildman–Crippen MR) is 106 cm³/mol. The first kappa shape index (κ1) is 24.8. The van der Waals surface area contributed by atoms with Crippen LogP contribution in [0.4, 0.5) is 0 Å². The molecule has 1 atom stereocenters. The normalized spacial score (nSPS) is 10.3. The molecule has 10 nitrogen and oxygen atoms in total. The lowest BCUT2D eigenvalue weighted by atomic mass is 10.1. The number of hydrogen-bond acceptors (Lipinski definition) is 7. The Morgan fingerprint density at radius 3 is 2.25 bits per heavy atom. The summed E-state index contributed by atoms with van der Waals surface area (Å²) in [5.74, 6) is -1.24. The molecule has 0 fully saturated rings. The Hall–Kier alpha value is -3.24. The van der Waals surface area contributed by atoms with Gasteiger partial charge < -0.3 is 32.3 Å². The van der Waals surface area contributed by atoms with Crippen LogP contribution in [0.1, 0.15) is 12.1 Å². The minimum Gasteiger partial charge on any atom is -0.444 e. The van der Waals surface area contributed by atoms with E-state index in [0.29, 0.717) is 11.6 Å². The van der Waals surface area contributed by atoms with E-state index >= 15 is 0 Å². The molecule has 0 saturated heterocycles. The Morgan fingerprint density at radius 1 is 1.11 bits per heavy atom. The Labute approximate surface area is 163 Å². The van der Waals surface area contributed by atoms with Gasteiger partial charge in [-0.15, -0.1) is 0 Å². The molecule has 0 bridgehead atoms. The van der Waals surface area contributed by atoms with Gasteiger partial charge in [0.25, 0.3) is 0 Å². The molecule has 10 heteroatoms. The van der Waals surface area contributed by atoms with Crippen LogP contribution in [0, 0.1) is 0 Å². The number of likely N-dealkylation sites (N-methyl/N-ethyl adjacent to an activating group) is 1. The molecule has 28 heavy (non-hydrogen) atoms. The van der Waals surface area contributed by atoms with Gasteiger partial charge in [0, 0.05) is 12.6 Å². The SMILES string of the molecule is CN.CN.CNC(=O)[C@H](CC(N)=O)NC(=O)Cc1coc(-c2ccccc2)n1. The van der Waals surface area contributed by atoms with Crippen molar-refractivity contribution in [2.24, 2.45) is 17.2 Å². The van der Waals surface area contributed by atoms with E-state index in [0.717, 1.165) is 5.56 Å². The van der Waals surface area contributed by atoms with Gasteiger partial charge in [0.1, 0.15) is 12.3 Å². The number of aromatic nitrogens is 1. The standard InChI is InChI=1S/C16H18N4O4.2CH5N/c1-18-15(23)12(8-13(17)21)20-14(22)7-11-9-24-16(19-11)10-5-3-2-4-6-10;2*1-2/h2-6,9,12H,7-8H2,1H3,(H2,17,21)(H,18,23)(H,20,22);2*2H2,1H3/t12-;;/m0../s1. The minimum atomic E-state index is -1.01. The molecule has 0 aliphatic carbocycles. The van der Waals surface area contributed by atoms with Crippen LogP contribution < -0.4 is 27.8 Å². The Kier molecular flexibility index (Phi) is 12.3. The van der Waals surface area contributed by atoms with Crippen LogP contribution in [-0.4, -0.2) is 49.9 Å². The van der Waals surface area contributed by atoms with Crippen molar-refractivity contribution in [2.45, 2.75) is 18.9 Å². The van der Waals surface area contributed by atoms with Crippen molar-refractivity contribution in [3.05, 3.63) is 42.3 Å². The lowest BCUT2D eigenvalue weighted by molar-refractivity contribution is -0.130. The van der Waals surface area contributed by atoms with E-state index < -0.39 is 23.8 Å². The Morgan fingerprint density at radius 2 is 1.71 bits per heavy atom. The first-order chi connectivity index (χ1) is 13.5. The highest BCUT2D eigenvalue weighted by Crippen LogP contribution is 2.18. The fourth-order valence-corrected chi connectivity index (χ4v) is 2.10. The third-order valence-electron chi connectivity index (χ3n) is 3.22. The fourth-order valence-electron chi connectivity index (χ4n) is 2.10. The highest BCUT2D eigenvalue weighted by atomic mass is 16.3. The summed E-state index contributed by atoms with van der Waals surface area (Å²) in [6, 6.07) is 8.24. The van der Waals surface area contributed by atoms with Crippen molar-refractivity contribution in [2.75, 3.05) is 21.1 Å². The van der Waals surface area contributed by atoms with Crippen LogP contribution in [0.25, 0.3) is 11.5 Å². The fraction of sp³-hybridized carbons (Fsp3) is 0.333. The Bertz CT molecular complexity index is 733. The maximum atomic E-state index is 12.0. The van der Waals surface area contributed by atoms with Gasteiger partial charge >= 0.3 is 0 Å². The smallest absolute Gasteiger partial charge is 0.242 e. The highest BCUT2D eigenvalue weighted by Gasteiger charge is 2.22. The van der Waals surface area contributed by atoms with Crippen molar-refractivity contribution < 1.29 is 18.8 Å². The third kappa shape index (κ3) is 8.43. The topological polar surface area (TPSA) is 179 Å². The molecule has 0 aliphatic rings. The van der Waals surface area contributed by atoms with Crippen molar-refractivity contribution >= 4 is 17.7 Å².